The molecular weight excluding hydrogens is 584 g/mol. The molecule has 0 saturated heterocycles. The Morgan fingerprint density at radius 1 is 1.12 bits per heavy atom. The Morgan fingerprint density at radius 2 is 1.79 bits per heavy atom. The molecule has 14 heteroatoms. The number of fused-ring (bicyclic) bond motifs is 1. The van der Waals surface area contributed by atoms with Crippen LogP contribution in [0.25, 0.3) is 0 Å². The van der Waals surface area contributed by atoms with E-state index in [0.29, 0.717) is 0 Å². The van der Waals surface area contributed by atoms with Crippen molar-refractivity contribution in [2.45, 2.75) is 56.6 Å². The molecule has 12 nitrogen and oxygen atoms in total. The topological polar surface area (TPSA) is 159 Å². The number of aromatic nitrogens is 1. The van der Waals surface area contributed by atoms with Gasteiger partial charge < -0.3 is 19.3 Å². The quantitative estimate of drug-likeness (QED) is 0.367. The molecule has 2 N–H and O–H groups in total. The third kappa shape index (κ3) is 6.31. The maximum absolute atomic E-state index is 13.7. The summed E-state index contributed by atoms with van der Waals surface area (Å²) in [6.07, 6.45) is -0.680. The number of anilines is 1. The third-order valence-corrected chi connectivity index (χ3v) is 10.8. The van der Waals surface area contributed by atoms with E-state index in [1.807, 2.05) is 13.8 Å². The van der Waals surface area contributed by atoms with Crippen molar-refractivity contribution in [3.63, 3.8) is 0 Å². The zero-order chi connectivity index (χ0) is 31.0. The first-order valence-corrected chi connectivity index (χ1v) is 16.3. The van der Waals surface area contributed by atoms with Gasteiger partial charge in [0.2, 0.25) is 10.0 Å². The van der Waals surface area contributed by atoms with Crippen LogP contribution < -0.4 is 9.46 Å². The molecule has 3 atom stereocenters. The molecule has 42 heavy (non-hydrogen) atoms. The van der Waals surface area contributed by atoms with Crippen molar-refractivity contribution in [3.8, 4) is 5.75 Å². The highest BCUT2D eigenvalue weighted by Crippen LogP contribution is 2.32. The highest BCUT2D eigenvalue weighted by molar-refractivity contribution is 7.92. The number of carbonyl (C=O) groups is 1. The van der Waals surface area contributed by atoms with E-state index in [2.05, 4.69) is 9.88 Å². The number of aliphatic hydroxyl groups excluding tert-OH is 1. The zero-order valence-corrected chi connectivity index (χ0v) is 26.0. The van der Waals surface area contributed by atoms with Crippen LogP contribution in [0.1, 0.15) is 41.2 Å². The van der Waals surface area contributed by atoms with Gasteiger partial charge in [0, 0.05) is 25.2 Å². The van der Waals surface area contributed by atoms with E-state index in [0.717, 1.165) is 5.56 Å². The summed E-state index contributed by atoms with van der Waals surface area (Å²) in [7, 11) is -6.46. The maximum Gasteiger partial charge on any atom is 0.267 e. The van der Waals surface area contributed by atoms with Crippen LogP contribution >= 0.6 is 0 Å². The lowest BCUT2D eigenvalue weighted by Gasteiger charge is -2.38. The molecule has 0 aliphatic carbocycles. The molecule has 0 spiro atoms. The van der Waals surface area contributed by atoms with E-state index in [-0.39, 0.29) is 63.9 Å². The number of rotatable bonds is 9. The molecule has 1 aliphatic rings. The standard InChI is InChI=1S/C28H36N4O8S2/c1-17-7-10-23(11-8-17)42(37,38)31(6)15-26-18(2)14-32(19(3)16-33)28(34)24-13-22(9-12-25(24)39-26)30-41(35,36)27-20(4)29-40-21(27)5/h7-13,18-19,26,30,33H,14-16H2,1-6H3/t18-,19-,26+/m1/s1. The van der Waals surface area contributed by atoms with Crippen molar-refractivity contribution < 1.29 is 36.0 Å². The van der Waals surface area contributed by atoms with Gasteiger partial charge >= 0.3 is 0 Å². The fourth-order valence-electron chi connectivity index (χ4n) is 4.81. The molecule has 1 aromatic heterocycles. The second kappa shape index (κ2) is 12.0. The Labute approximate surface area is 246 Å². The third-order valence-electron chi connectivity index (χ3n) is 7.32. The number of nitrogens with zero attached hydrogens (tertiary/aromatic N) is 3. The summed E-state index contributed by atoms with van der Waals surface area (Å²) in [6, 6.07) is 10.3. The highest BCUT2D eigenvalue weighted by Gasteiger charge is 2.35. The van der Waals surface area contributed by atoms with Gasteiger partial charge in [-0.15, -0.1) is 0 Å². The SMILES string of the molecule is Cc1ccc(S(=O)(=O)N(C)C[C@@H]2Oc3ccc(NS(=O)(=O)c4c(C)noc4C)cc3C(=O)N([C@H](C)CO)C[C@H]2C)cc1. The summed E-state index contributed by atoms with van der Waals surface area (Å²) < 4.78 is 67.8. The average molecular weight is 621 g/mol. The number of aliphatic hydroxyl groups is 1. The molecule has 2 aromatic carbocycles. The van der Waals surface area contributed by atoms with E-state index in [9.17, 15) is 26.7 Å². The van der Waals surface area contributed by atoms with Gasteiger partial charge in [0.1, 0.15) is 17.5 Å². The predicted octanol–water partition coefficient (Wildman–Crippen LogP) is 2.94. The van der Waals surface area contributed by atoms with Crippen LogP contribution in [0.15, 0.2) is 56.8 Å². The predicted molar refractivity (Wildman–Crippen MR) is 155 cm³/mol. The van der Waals surface area contributed by atoms with Gasteiger partial charge in [0.15, 0.2) is 10.7 Å². The molecule has 0 bridgehead atoms. The summed E-state index contributed by atoms with van der Waals surface area (Å²) in [5.74, 6) is -0.511. The number of hydrogen-bond acceptors (Lipinski definition) is 9. The largest absolute Gasteiger partial charge is 0.488 e. The van der Waals surface area contributed by atoms with Gasteiger partial charge in [-0.25, -0.2) is 16.8 Å². The minimum atomic E-state index is -4.09. The van der Waals surface area contributed by atoms with Crippen molar-refractivity contribution in [3.05, 3.63) is 65.0 Å². The van der Waals surface area contributed by atoms with Crippen LogP contribution in [0.5, 0.6) is 5.75 Å². The van der Waals surface area contributed by atoms with E-state index in [1.165, 1.54) is 48.3 Å². The van der Waals surface area contributed by atoms with Crippen molar-refractivity contribution >= 4 is 31.6 Å². The second-order valence-electron chi connectivity index (χ2n) is 10.7. The molecule has 2 heterocycles. The average Bonchev–Trinajstić information content (AvgIpc) is 3.28. The molecule has 0 fully saturated rings. The number of sulfonamides is 2. The lowest BCUT2D eigenvalue weighted by Crippen LogP contribution is -2.50. The van der Waals surface area contributed by atoms with Crippen molar-refractivity contribution in [2.75, 3.05) is 31.5 Å². The molecule has 4 rings (SSSR count). The Hall–Kier alpha value is -3.46. The minimum Gasteiger partial charge on any atom is -0.488 e. The molecule has 228 valence electrons. The Balaban J connectivity index is 1.69. The molecule has 0 radical (unpaired) electrons. The van der Waals surface area contributed by atoms with Gasteiger partial charge in [0.05, 0.1) is 29.7 Å². The first kappa shape index (κ1) is 31.5. The number of ether oxygens (including phenoxy) is 1. The van der Waals surface area contributed by atoms with Crippen molar-refractivity contribution in [1.82, 2.24) is 14.4 Å². The van der Waals surface area contributed by atoms with Crippen LogP contribution in [-0.2, 0) is 20.0 Å². The number of carbonyl (C=O) groups excluding carboxylic acids is 1. The lowest BCUT2D eigenvalue weighted by atomic mass is 9.99. The fraction of sp³-hybridized carbons (Fsp3) is 0.429. The monoisotopic (exact) mass is 620 g/mol. The van der Waals surface area contributed by atoms with Crippen molar-refractivity contribution in [1.29, 1.82) is 0 Å². The number of benzene rings is 2. The minimum absolute atomic E-state index is 0.0211. The Morgan fingerprint density at radius 3 is 2.38 bits per heavy atom. The van der Waals surface area contributed by atoms with Gasteiger partial charge in [-0.2, -0.15) is 4.31 Å². The van der Waals surface area contributed by atoms with Crippen LogP contribution in [0.2, 0.25) is 0 Å². The molecule has 1 amide bonds. The molecular formula is C28H36N4O8S2. The highest BCUT2D eigenvalue weighted by atomic mass is 32.2. The van der Waals surface area contributed by atoms with E-state index in [4.69, 9.17) is 9.26 Å². The molecule has 0 unspecified atom stereocenters. The summed E-state index contributed by atoms with van der Waals surface area (Å²) in [5.41, 5.74) is 1.29. The number of nitrogens with one attached hydrogen (secondary N) is 1. The van der Waals surface area contributed by atoms with E-state index in [1.54, 1.807) is 31.2 Å². The van der Waals surface area contributed by atoms with Crippen molar-refractivity contribution in [2.24, 2.45) is 5.92 Å². The number of amides is 1. The van der Waals surface area contributed by atoms with E-state index >= 15 is 0 Å². The normalized spacial score (nSPS) is 18.7. The Kier molecular flexibility index (Phi) is 9.02. The van der Waals surface area contributed by atoms with Gasteiger partial charge in [-0.05, 0) is 58.0 Å². The Bertz CT molecular complexity index is 1650. The lowest BCUT2D eigenvalue weighted by molar-refractivity contribution is 0.0387. The van der Waals surface area contributed by atoms with Crippen LogP contribution in [0.4, 0.5) is 5.69 Å². The first-order chi connectivity index (χ1) is 19.6. The maximum atomic E-state index is 13.7. The van der Waals surface area contributed by atoms with Crippen LogP contribution in [0.3, 0.4) is 0 Å². The number of hydrogen-bond donors (Lipinski definition) is 2. The van der Waals surface area contributed by atoms with Gasteiger partial charge in [0.25, 0.3) is 15.9 Å². The first-order valence-electron chi connectivity index (χ1n) is 13.4. The summed E-state index contributed by atoms with van der Waals surface area (Å²) >= 11 is 0. The van der Waals surface area contributed by atoms with Gasteiger partial charge in [-0.3, -0.25) is 9.52 Å². The zero-order valence-electron chi connectivity index (χ0n) is 24.4. The van der Waals surface area contributed by atoms with Gasteiger partial charge in [-0.1, -0.05) is 29.8 Å². The summed E-state index contributed by atoms with van der Waals surface area (Å²) in [4.78, 5) is 15.3. The summed E-state index contributed by atoms with van der Waals surface area (Å²) in [6.45, 7) is 8.24. The molecule has 1 aliphatic heterocycles. The van der Waals surface area contributed by atoms with Crippen LogP contribution in [-0.4, -0.2) is 81.1 Å². The number of likely N-dealkylation sites (N-methyl/N-ethyl adjacent to an activating group) is 1. The molecule has 0 saturated carbocycles. The van der Waals surface area contributed by atoms with Crippen LogP contribution in [0, 0.1) is 26.7 Å². The second-order valence-corrected chi connectivity index (χ2v) is 14.4. The smallest absolute Gasteiger partial charge is 0.267 e. The molecule has 3 aromatic rings. The number of aryl methyl sites for hydroxylation is 3. The van der Waals surface area contributed by atoms with E-state index < -0.39 is 38.1 Å². The fourth-order valence-corrected chi connectivity index (χ4v) is 7.37. The summed E-state index contributed by atoms with van der Waals surface area (Å²) in [5, 5.41) is 13.6.